The van der Waals surface area contributed by atoms with Crippen molar-refractivity contribution in [3.63, 3.8) is 0 Å². The lowest BCUT2D eigenvalue weighted by atomic mass is 9.87. The normalized spacial score (nSPS) is 25.0. The van der Waals surface area contributed by atoms with E-state index < -0.39 is 17.7 Å². The summed E-state index contributed by atoms with van der Waals surface area (Å²) in [5, 5.41) is 9.05. The number of hydrogen-bond donors (Lipinski definition) is 1. The zero-order valence-electron chi connectivity index (χ0n) is 21.0. The third kappa shape index (κ3) is 5.72. The van der Waals surface area contributed by atoms with Gasteiger partial charge in [0.2, 0.25) is 0 Å². The molecule has 2 saturated heterocycles. The second-order valence-electron chi connectivity index (χ2n) is 10.5. The molecule has 5 rings (SSSR count). The van der Waals surface area contributed by atoms with Crippen LogP contribution in [0.4, 0.5) is 18.9 Å². The minimum absolute atomic E-state index is 0.122. The Hall–Kier alpha value is -2.78. The van der Waals surface area contributed by atoms with Crippen molar-refractivity contribution in [3.05, 3.63) is 64.5 Å². The van der Waals surface area contributed by atoms with Crippen LogP contribution in [0.25, 0.3) is 0 Å². The van der Waals surface area contributed by atoms with E-state index in [-0.39, 0.29) is 30.1 Å². The molecule has 0 bridgehead atoms. The minimum atomic E-state index is -4.46. The van der Waals surface area contributed by atoms with Gasteiger partial charge in [0, 0.05) is 49.9 Å². The number of likely N-dealkylation sites (tertiary alicyclic amines) is 1. The Balaban J connectivity index is 1.25. The number of ether oxygens (including phenoxy) is 2. The highest BCUT2D eigenvalue weighted by Gasteiger charge is 2.37. The number of aliphatic carboxylic acids is 1. The standard InChI is InChI=1S/C28H33F3N2O4/c1-18-25(8-6-20-11-19(16-37-26(18)20)13-32-14-22(15-32)27(34)35)36-17-21-5-7-23(12-24(21)28(29,30)31)33-9-3-2-4-10-33/h5-8,11-12,18,22,26H,2-4,9-10,13-17H2,1H3,(H,34,35). The fourth-order valence-corrected chi connectivity index (χ4v) is 5.59. The van der Waals surface area contributed by atoms with Crippen molar-refractivity contribution in [1.29, 1.82) is 0 Å². The Bertz CT molecular complexity index is 1110. The van der Waals surface area contributed by atoms with E-state index in [4.69, 9.17) is 14.6 Å². The fourth-order valence-electron chi connectivity index (χ4n) is 5.59. The van der Waals surface area contributed by atoms with Crippen LogP contribution in [0, 0.1) is 11.8 Å². The van der Waals surface area contributed by atoms with E-state index in [0.717, 1.165) is 43.5 Å². The lowest BCUT2D eigenvalue weighted by Gasteiger charge is -2.39. The van der Waals surface area contributed by atoms with E-state index in [0.29, 0.717) is 37.7 Å². The van der Waals surface area contributed by atoms with Crippen LogP contribution in [-0.4, -0.2) is 61.4 Å². The van der Waals surface area contributed by atoms with Gasteiger partial charge in [-0.2, -0.15) is 13.2 Å². The first-order valence-corrected chi connectivity index (χ1v) is 12.9. The number of benzene rings is 1. The van der Waals surface area contributed by atoms with Crippen LogP contribution in [0.15, 0.2) is 53.3 Å². The van der Waals surface area contributed by atoms with Crippen LogP contribution in [0.2, 0.25) is 0 Å². The Morgan fingerprint density at radius 1 is 1.16 bits per heavy atom. The average molecular weight is 519 g/mol. The molecule has 4 aliphatic rings. The molecule has 0 radical (unpaired) electrons. The highest BCUT2D eigenvalue weighted by Crippen LogP contribution is 2.38. The molecule has 1 aromatic rings. The molecular weight excluding hydrogens is 485 g/mol. The molecule has 2 atom stereocenters. The van der Waals surface area contributed by atoms with Gasteiger partial charge in [-0.25, -0.2) is 0 Å². The molecule has 3 heterocycles. The molecule has 200 valence electrons. The summed E-state index contributed by atoms with van der Waals surface area (Å²) in [4.78, 5) is 15.1. The van der Waals surface area contributed by atoms with Crippen molar-refractivity contribution >= 4 is 11.7 Å². The number of halogens is 3. The fraction of sp³-hybridized carbons (Fsp3) is 0.536. The van der Waals surface area contributed by atoms with Crippen LogP contribution >= 0.6 is 0 Å². The molecule has 9 heteroatoms. The molecule has 0 spiro atoms. The number of carboxylic acids is 1. The predicted molar refractivity (Wildman–Crippen MR) is 133 cm³/mol. The first-order valence-electron chi connectivity index (χ1n) is 12.9. The molecular formula is C28H33F3N2O4. The van der Waals surface area contributed by atoms with E-state index in [2.05, 4.69) is 11.0 Å². The maximum absolute atomic E-state index is 13.9. The molecule has 1 N–H and O–H groups in total. The van der Waals surface area contributed by atoms with Gasteiger partial charge >= 0.3 is 12.1 Å². The summed E-state index contributed by atoms with van der Waals surface area (Å²) < 4.78 is 53.8. The Morgan fingerprint density at radius 2 is 1.92 bits per heavy atom. The van der Waals surface area contributed by atoms with Crippen LogP contribution in [0.3, 0.4) is 0 Å². The van der Waals surface area contributed by atoms with E-state index in [1.54, 1.807) is 12.1 Å². The first kappa shape index (κ1) is 25.9. The van der Waals surface area contributed by atoms with Gasteiger partial charge in [-0.15, -0.1) is 0 Å². The monoisotopic (exact) mass is 518 g/mol. The quantitative estimate of drug-likeness (QED) is 0.548. The number of carbonyl (C=O) groups is 1. The van der Waals surface area contributed by atoms with Gasteiger partial charge in [-0.3, -0.25) is 9.69 Å². The van der Waals surface area contributed by atoms with Crippen molar-refractivity contribution in [2.75, 3.05) is 44.2 Å². The van der Waals surface area contributed by atoms with Crippen molar-refractivity contribution in [1.82, 2.24) is 4.90 Å². The summed E-state index contributed by atoms with van der Waals surface area (Å²) in [5.41, 5.74) is 2.17. The second-order valence-corrected chi connectivity index (χ2v) is 10.5. The van der Waals surface area contributed by atoms with Crippen LogP contribution in [0.5, 0.6) is 0 Å². The molecule has 3 aliphatic heterocycles. The summed E-state index contributed by atoms with van der Waals surface area (Å²) in [6, 6.07) is 4.57. The lowest BCUT2D eigenvalue weighted by molar-refractivity contribution is -0.147. The zero-order valence-corrected chi connectivity index (χ0v) is 21.0. The Kier molecular flexibility index (Phi) is 7.36. The Morgan fingerprint density at radius 3 is 2.62 bits per heavy atom. The van der Waals surface area contributed by atoms with E-state index >= 15 is 0 Å². The first-order chi connectivity index (χ1) is 17.7. The number of allylic oxidation sites excluding steroid dienone is 2. The number of rotatable bonds is 7. The molecule has 0 amide bonds. The van der Waals surface area contributed by atoms with E-state index in [9.17, 15) is 18.0 Å². The van der Waals surface area contributed by atoms with Gasteiger partial charge < -0.3 is 19.5 Å². The summed E-state index contributed by atoms with van der Waals surface area (Å²) in [6.07, 6.45) is 4.24. The summed E-state index contributed by atoms with van der Waals surface area (Å²) in [5.74, 6) is -0.591. The molecule has 1 aliphatic carbocycles. The SMILES string of the molecule is CC1C(OCc2ccc(N3CCCCC3)cc2C(F)(F)F)=CC=C2C=C(CN3CC(C(=O)O)C3)COC21. The van der Waals surface area contributed by atoms with Crippen molar-refractivity contribution in [3.8, 4) is 0 Å². The van der Waals surface area contributed by atoms with Gasteiger partial charge in [0.15, 0.2) is 0 Å². The predicted octanol–water partition coefficient (Wildman–Crippen LogP) is 5.01. The zero-order chi connectivity index (χ0) is 26.2. The number of carboxylic acid groups (broad SMARTS) is 1. The number of fused-ring (bicyclic) bond motifs is 1. The topological polar surface area (TPSA) is 62.2 Å². The molecule has 37 heavy (non-hydrogen) atoms. The van der Waals surface area contributed by atoms with Gasteiger partial charge in [-0.1, -0.05) is 25.1 Å². The van der Waals surface area contributed by atoms with Crippen molar-refractivity contribution in [2.45, 2.75) is 45.1 Å². The van der Waals surface area contributed by atoms with Gasteiger partial charge in [-0.05, 0) is 48.6 Å². The number of hydrogen-bond acceptors (Lipinski definition) is 5. The third-order valence-corrected chi connectivity index (χ3v) is 7.74. The highest BCUT2D eigenvalue weighted by atomic mass is 19.4. The van der Waals surface area contributed by atoms with Gasteiger partial charge in [0.25, 0.3) is 0 Å². The van der Waals surface area contributed by atoms with E-state index in [1.807, 2.05) is 24.0 Å². The molecule has 0 aromatic heterocycles. The van der Waals surface area contributed by atoms with Crippen LogP contribution in [-0.2, 0) is 27.1 Å². The number of nitrogens with zero attached hydrogens (tertiary/aromatic N) is 2. The lowest BCUT2D eigenvalue weighted by Crippen LogP contribution is -2.51. The summed E-state index contributed by atoms with van der Waals surface area (Å²) >= 11 is 0. The maximum Gasteiger partial charge on any atom is 0.416 e. The second kappa shape index (κ2) is 10.5. The number of alkyl halides is 3. The van der Waals surface area contributed by atoms with E-state index in [1.165, 1.54) is 6.07 Å². The largest absolute Gasteiger partial charge is 0.493 e. The highest BCUT2D eigenvalue weighted by molar-refractivity contribution is 5.71. The average Bonchev–Trinajstić information content (AvgIpc) is 2.85. The number of piperidine rings is 1. The maximum atomic E-state index is 13.9. The molecule has 2 fully saturated rings. The van der Waals surface area contributed by atoms with Crippen molar-refractivity contribution in [2.24, 2.45) is 11.8 Å². The van der Waals surface area contributed by atoms with Gasteiger partial charge in [0.1, 0.15) is 12.4 Å². The minimum Gasteiger partial charge on any atom is -0.493 e. The summed E-state index contributed by atoms with van der Waals surface area (Å²) in [6.45, 7) is 5.55. The molecule has 6 nitrogen and oxygen atoms in total. The smallest absolute Gasteiger partial charge is 0.416 e. The van der Waals surface area contributed by atoms with Crippen molar-refractivity contribution < 1.29 is 32.5 Å². The van der Waals surface area contributed by atoms with Crippen LogP contribution in [0.1, 0.15) is 37.3 Å². The molecule has 2 unspecified atom stereocenters. The molecule has 1 aromatic carbocycles. The Labute approximate surface area is 215 Å². The summed E-state index contributed by atoms with van der Waals surface area (Å²) in [7, 11) is 0. The third-order valence-electron chi connectivity index (χ3n) is 7.74. The number of anilines is 1. The van der Waals surface area contributed by atoms with Gasteiger partial charge in [0.05, 0.1) is 24.2 Å². The van der Waals surface area contributed by atoms with Crippen LogP contribution < -0.4 is 4.90 Å². The molecule has 0 saturated carbocycles.